The smallest absolute Gasteiger partial charge is 0.270 e. The fourth-order valence-electron chi connectivity index (χ4n) is 1.77. The maximum atomic E-state index is 10.7. The minimum atomic E-state index is -0.479. The molecule has 110 valence electrons. The Bertz CT molecular complexity index is 644. The third kappa shape index (κ3) is 4.20. The number of rotatable bonds is 5. The topological polar surface area (TPSA) is 63.4 Å². The van der Waals surface area contributed by atoms with Gasteiger partial charge in [0.15, 0.2) is 0 Å². The van der Waals surface area contributed by atoms with Gasteiger partial charge in [0, 0.05) is 22.8 Å². The van der Waals surface area contributed by atoms with Crippen molar-refractivity contribution in [3.63, 3.8) is 0 Å². The van der Waals surface area contributed by atoms with E-state index in [4.69, 9.17) is 11.6 Å². The van der Waals surface area contributed by atoms with Gasteiger partial charge in [-0.3, -0.25) is 10.1 Å². The molecular formula is C15H14ClNO3S. The van der Waals surface area contributed by atoms with Gasteiger partial charge in [-0.1, -0.05) is 23.7 Å². The van der Waals surface area contributed by atoms with Gasteiger partial charge in [-0.2, -0.15) is 0 Å². The minimum Gasteiger partial charge on any atom is -0.389 e. The van der Waals surface area contributed by atoms with E-state index in [0.717, 1.165) is 16.0 Å². The molecule has 1 atom stereocenters. The van der Waals surface area contributed by atoms with Gasteiger partial charge in [-0.15, -0.1) is 11.8 Å². The van der Waals surface area contributed by atoms with Crippen molar-refractivity contribution in [2.45, 2.75) is 23.7 Å². The average Bonchev–Trinajstić information content (AvgIpc) is 2.46. The predicted molar refractivity (Wildman–Crippen MR) is 84.7 cm³/mol. The number of nitro benzene ring substituents is 1. The van der Waals surface area contributed by atoms with Crippen molar-refractivity contribution in [1.29, 1.82) is 0 Å². The fraction of sp³-hybridized carbons (Fsp3) is 0.200. The van der Waals surface area contributed by atoms with E-state index in [-0.39, 0.29) is 5.69 Å². The number of halogens is 1. The van der Waals surface area contributed by atoms with Gasteiger partial charge in [0.25, 0.3) is 5.69 Å². The molecule has 6 heteroatoms. The first kappa shape index (κ1) is 15.8. The summed E-state index contributed by atoms with van der Waals surface area (Å²) < 4.78 is 0. The molecule has 2 rings (SSSR count). The van der Waals surface area contributed by atoms with Crippen LogP contribution in [0.3, 0.4) is 0 Å². The van der Waals surface area contributed by atoms with Crippen molar-refractivity contribution in [1.82, 2.24) is 0 Å². The van der Waals surface area contributed by atoms with Crippen LogP contribution in [0, 0.1) is 10.1 Å². The second-order valence-corrected chi connectivity index (χ2v) is 6.02. The molecule has 0 amide bonds. The zero-order valence-corrected chi connectivity index (χ0v) is 12.9. The molecule has 1 unspecified atom stereocenters. The Morgan fingerprint density at radius 1 is 1.29 bits per heavy atom. The number of nitro groups is 1. The number of benzene rings is 2. The molecule has 0 bridgehead atoms. The zero-order chi connectivity index (χ0) is 15.4. The zero-order valence-electron chi connectivity index (χ0n) is 11.3. The lowest BCUT2D eigenvalue weighted by Gasteiger charge is -2.07. The third-order valence-corrected chi connectivity index (χ3v) is 4.42. The van der Waals surface area contributed by atoms with Gasteiger partial charge in [0.1, 0.15) is 0 Å². The van der Waals surface area contributed by atoms with Crippen molar-refractivity contribution >= 4 is 29.1 Å². The molecular weight excluding hydrogens is 310 g/mol. The monoisotopic (exact) mass is 323 g/mol. The number of aliphatic hydroxyl groups excluding tert-OH is 1. The van der Waals surface area contributed by atoms with E-state index in [0.29, 0.717) is 10.8 Å². The second-order valence-electron chi connectivity index (χ2n) is 4.57. The van der Waals surface area contributed by atoms with E-state index < -0.39 is 11.0 Å². The SMILES string of the molecule is CC(O)c1ccc(SCc2ccc([N+](=O)[O-])cc2Cl)cc1. The molecule has 21 heavy (non-hydrogen) atoms. The molecule has 0 aliphatic heterocycles. The number of hydrogen-bond acceptors (Lipinski definition) is 4. The van der Waals surface area contributed by atoms with Gasteiger partial charge in [0.2, 0.25) is 0 Å². The van der Waals surface area contributed by atoms with Crippen LogP contribution < -0.4 is 0 Å². The molecule has 0 saturated heterocycles. The Morgan fingerprint density at radius 2 is 1.95 bits per heavy atom. The first-order valence-electron chi connectivity index (χ1n) is 6.31. The summed E-state index contributed by atoms with van der Waals surface area (Å²) in [6.07, 6.45) is -0.479. The number of hydrogen-bond donors (Lipinski definition) is 1. The average molecular weight is 324 g/mol. The highest BCUT2D eigenvalue weighted by Crippen LogP contribution is 2.29. The summed E-state index contributed by atoms with van der Waals surface area (Å²) in [5.41, 5.74) is 1.72. The molecule has 0 aliphatic rings. The molecule has 2 aromatic carbocycles. The van der Waals surface area contributed by atoms with E-state index >= 15 is 0 Å². The van der Waals surface area contributed by atoms with Crippen molar-refractivity contribution in [2.75, 3.05) is 0 Å². The highest BCUT2D eigenvalue weighted by atomic mass is 35.5. The summed E-state index contributed by atoms with van der Waals surface area (Å²) in [5.74, 6) is 0.630. The molecule has 0 radical (unpaired) electrons. The second kappa shape index (κ2) is 6.93. The summed E-state index contributed by atoms with van der Waals surface area (Å²) in [7, 11) is 0. The summed E-state index contributed by atoms with van der Waals surface area (Å²) >= 11 is 7.64. The molecule has 1 N–H and O–H groups in total. The Hall–Kier alpha value is -1.56. The fourth-order valence-corrected chi connectivity index (χ4v) is 2.99. The van der Waals surface area contributed by atoms with Gasteiger partial charge in [-0.25, -0.2) is 0 Å². The number of nitrogens with zero attached hydrogens (tertiary/aromatic N) is 1. The maximum absolute atomic E-state index is 10.7. The summed E-state index contributed by atoms with van der Waals surface area (Å²) in [6, 6.07) is 12.1. The van der Waals surface area contributed by atoms with Crippen LogP contribution in [-0.4, -0.2) is 10.0 Å². The molecule has 0 aromatic heterocycles. The third-order valence-electron chi connectivity index (χ3n) is 3.00. The summed E-state index contributed by atoms with van der Waals surface area (Å²) in [4.78, 5) is 11.2. The van der Waals surface area contributed by atoms with E-state index in [1.807, 2.05) is 24.3 Å². The van der Waals surface area contributed by atoms with Crippen LogP contribution in [-0.2, 0) is 5.75 Å². The quantitative estimate of drug-likeness (QED) is 0.496. The van der Waals surface area contributed by atoms with E-state index in [1.54, 1.807) is 24.8 Å². The van der Waals surface area contributed by atoms with Gasteiger partial charge in [-0.05, 0) is 36.2 Å². The van der Waals surface area contributed by atoms with Crippen molar-refractivity contribution in [3.8, 4) is 0 Å². The summed E-state index contributed by atoms with van der Waals surface area (Å²) in [6.45, 7) is 1.72. The maximum Gasteiger partial charge on any atom is 0.270 e. The van der Waals surface area contributed by atoms with Crippen LogP contribution in [0.4, 0.5) is 5.69 Å². The molecule has 2 aromatic rings. The standard InChI is InChI=1S/C15H14ClNO3S/c1-10(18)11-3-6-14(7-4-11)21-9-12-2-5-13(17(19)20)8-15(12)16/h2-8,10,18H,9H2,1H3. The Kier molecular flexibility index (Phi) is 5.22. The normalized spacial score (nSPS) is 12.1. The molecule has 0 saturated carbocycles. The highest BCUT2D eigenvalue weighted by Gasteiger charge is 2.09. The Balaban J connectivity index is 2.04. The molecule has 0 spiro atoms. The number of non-ortho nitro benzene ring substituents is 1. The van der Waals surface area contributed by atoms with E-state index in [1.165, 1.54) is 12.1 Å². The van der Waals surface area contributed by atoms with Crippen LogP contribution in [0.2, 0.25) is 5.02 Å². The van der Waals surface area contributed by atoms with Gasteiger partial charge < -0.3 is 5.11 Å². The number of thioether (sulfide) groups is 1. The first-order valence-corrected chi connectivity index (χ1v) is 7.67. The van der Waals surface area contributed by atoms with Crippen molar-refractivity contribution in [3.05, 3.63) is 68.7 Å². The molecule has 0 heterocycles. The van der Waals surface area contributed by atoms with Crippen LogP contribution in [0.5, 0.6) is 0 Å². The molecule has 0 aliphatic carbocycles. The van der Waals surface area contributed by atoms with Crippen LogP contribution in [0.15, 0.2) is 47.4 Å². The first-order chi connectivity index (χ1) is 9.97. The highest BCUT2D eigenvalue weighted by molar-refractivity contribution is 7.98. The minimum absolute atomic E-state index is 0.00460. The predicted octanol–water partition coefficient (Wildman–Crippen LogP) is 4.59. The number of aliphatic hydroxyl groups is 1. The lowest BCUT2D eigenvalue weighted by atomic mass is 10.1. The Morgan fingerprint density at radius 3 is 2.48 bits per heavy atom. The largest absolute Gasteiger partial charge is 0.389 e. The van der Waals surface area contributed by atoms with Crippen LogP contribution >= 0.6 is 23.4 Å². The molecule has 4 nitrogen and oxygen atoms in total. The van der Waals surface area contributed by atoms with E-state index in [9.17, 15) is 15.2 Å². The van der Waals surface area contributed by atoms with Gasteiger partial charge >= 0.3 is 0 Å². The van der Waals surface area contributed by atoms with Crippen molar-refractivity contribution < 1.29 is 10.0 Å². The lowest BCUT2D eigenvalue weighted by molar-refractivity contribution is -0.384. The van der Waals surface area contributed by atoms with Crippen molar-refractivity contribution in [2.24, 2.45) is 0 Å². The van der Waals surface area contributed by atoms with Crippen LogP contribution in [0.25, 0.3) is 0 Å². The summed E-state index contributed by atoms with van der Waals surface area (Å²) in [5, 5.41) is 20.5. The molecule has 0 fully saturated rings. The van der Waals surface area contributed by atoms with E-state index in [2.05, 4.69) is 0 Å². The van der Waals surface area contributed by atoms with Gasteiger partial charge in [0.05, 0.1) is 16.0 Å². The lowest BCUT2D eigenvalue weighted by Crippen LogP contribution is -1.91. The van der Waals surface area contributed by atoms with Crippen LogP contribution in [0.1, 0.15) is 24.2 Å². The Labute approximate surface area is 131 Å².